The molecule has 2 aromatic rings. The second-order valence-corrected chi connectivity index (χ2v) is 5.59. The Morgan fingerprint density at radius 1 is 1.33 bits per heavy atom. The van der Waals surface area contributed by atoms with Crippen molar-refractivity contribution in [3.8, 4) is 17.0 Å². The number of nitrogens with zero attached hydrogens (tertiary/aromatic N) is 2. The van der Waals surface area contributed by atoms with Crippen LogP contribution in [0.25, 0.3) is 11.3 Å². The lowest BCUT2D eigenvalue weighted by Crippen LogP contribution is -2.30. The average molecular weight is 332 g/mol. The Hall–Kier alpha value is -3.03. The van der Waals surface area contributed by atoms with Gasteiger partial charge in [0.15, 0.2) is 5.82 Å². The van der Waals surface area contributed by atoms with Crippen molar-refractivity contribution in [3.63, 3.8) is 0 Å². The normalized spacial score (nSPS) is 10.7. The van der Waals surface area contributed by atoms with Crippen molar-refractivity contribution in [1.82, 2.24) is 9.55 Å². The third kappa shape index (κ3) is 3.83. The molecule has 0 fully saturated rings. The van der Waals surface area contributed by atoms with E-state index in [1.807, 2.05) is 13.8 Å². The minimum atomic E-state index is -1.14. The molecular weight excluding hydrogens is 312 g/mol. The van der Waals surface area contributed by atoms with Gasteiger partial charge in [-0.1, -0.05) is 0 Å². The zero-order valence-electron chi connectivity index (χ0n) is 13.7. The quantitative estimate of drug-likeness (QED) is 0.634. The van der Waals surface area contributed by atoms with Gasteiger partial charge < -0.3 is 20.8 Å². The number of anilines is 2. The molecule has 0 spiro atoms. The molecule has 0 unspecified atom stereocenters. The molecule has 128 valence electrons. The monoisotopic (exact) mass is 332 g/mol. The van der Waals surface area contributed by atoms with Gasteiger partial charge in [-0.25, -0.2) is 4.98 Å². The van der Waals surface area contributed by atoms with Crippen LogP contribution in [0.15, 0.2) is 29.2 Å². The molecule has 0 bridgehead atoms. The van der Waals surface area contributed by atoms with Crippen LogP contribution in [-0.2, 0) is 11.3 Å². The van der Waals surface area contributed by atoms with E-state index >= 15 is 0 Å². The van der Waals surface area contributed by atoms with Crippen molar-refractivity contribution in [1.29, 1.82) is 0 Å². The predicted octanol–water partition coefficient (Wildman–Crippen LogP) is 1.56. The van der Waals surface area contributed by atoms with Crippen molar-refractivity contribution in [2.75, 3.05) is 17.7 Å². The Kier molecular flexibility index (Phi) is 5.08. The van der Waals surface area contributed by atoms with E-state index in [2.05, 4.69) is 15.6 Å². The topological polar surface area (TPSA) is 116 Å². The molecule has 0 radical (unpaired) electrons. The Morgan fingerprint density at radius 3 is 2.62 bits per heavy atom. The summed E-state index contributed by atoms with van der Waals surface area (Å²) in [6.07, 6.45) is 1.42. The summed E-state index contributed by atoms with van der Waals surface area (Å²) in [6, 6.07) is 4.64. The van der Waals surface area contributed by atoms with Crippen LogP contribution in [0, 0.1) is 0 Å². The molecular formula is C16H20N4O4. The average Bonchev–Trinajstić information content (AvgIpc) is 2.49. The Labute approximate surface area is 138 Å². The van der Waals surface area contributed by atoms with E-state index in [0.717, 1.165) is 4.57 Å². The Bertz CT molecular complexity index is 814. The van der Waals surface area contributed by atoms with Gasteiger partial charge in [-0.3, -0.25) is 14.2 Å². The molecule has 1 aromatic heterocycles. The highest BCUT2D eigenvalue weighted by Crippen LogP contribution is 2.27. The molecule has 8 nitrogen and oxygen atoms in total. The molecule has 0 aliphatic rings. The van der Waals surface area contributed by atoms with Crippen molar-refractivity contribution in [2.45, 2.75) is 26.4 Å². The zero-order chi connectivity index (χ0) is 17.9. The van der Waals surface area contributed by atoms with Crippen LogP contribution in [0.4, 0.5) is 11.5 Å². The first-order chi connectivity index (χ1) is 11.3. The van der Waals surface area contributed by atoms with E-state index in [9.17, 15) is 14.7 Å². The molecule has 0 saturated carbocycles. The largest absolute Gasteiger partial charge is 0.508 e. The van der Waals surface area contributed by atoms with Gasteiger partial charge in [0, 0.05) is 30.4 Å². The van der Waals surface area contributed by atoms with Crippen LogP contribution in [0.1, 0.15) is 13.8 Å². The van der Waals surface area contributed by atoms with Crippen molar-refractivity contribution in [2.24, 2.45) is 0 Å². The first-order valence-electron chi connectivity index (χ1n) is 7.42. The van der Waals surface area contributed by atoms with Crippen LogP contribution in [0.2, 0.25) is 0 Å². The maximum atomic E-state index is 12.6. The molecule has 2 rings (SSSR count). The molecule has 0 atom stereocenters. The second kappa shape index (κ2) is 7.03. The number of nitrogens with one attached hydrogen (secondary N) is 2. The van der Waals surface area contributed by atoms with Crippen LogP contribution < -0.4 is 16.2 Å². The van der Waals surface area contributed by atoms with Gasteiger partial charge in [-0.2, -0.15) is 0 Å². The maximum absolute atomic E-state index is 12.6. The maximum Gasteiger partial charge on any atom is 0.323 e. The van der Waals surface area contributed by atoms with E-state index in [1.54, 1.807) is 13.1 Å². The van der Waals surface area contributed by atoms with Gasteiger partial charge in [0.2, 0.25) is 0 Å². The molecule has 8 heteroatoms. The molecule has 4 N–H and O–H groups in total. The third-order valence-electron chi connectivity index (χ3n) is 3.28. The fraction of sp³-hybridized carbons (Fsp3) is 0.312. The highest BCUT2D eigenvalue weighted by molar-refractivity contribution is 5.71. The van der Waals surface area contributed by atoms with Crippen molar-refractivity contribution >= 4 is 17.5 Å². The van der Waals surface area contributed by atoms with Crippen LogP contribution in [0.5, 0.6) is 5.75 Å². The van der Waals surface area contributed by atoms with Crippen LogP contribution in [-0.4, -0.2) is 38.8 Å². The number of benzene rings is 1. The molecule has 0 amide bonds. The smallest absolute Gasteiger partial charge is 0.323 e. The number of aliphatic carboxylic acids is 1. The van der Waals surface area contributed by atoms with E-state index in [-0.39, 0.29) is 17.6 Å². The molecule has 1 heterocycles. The number of rotatable bonds is 6. The Morgan fingerprint density at radius 2 is 2.04 bits per heavy atom. The second-order valence-electron chi connectivity index (χ2n) is 5.59. The highest BCUT2D eigenvalue weighted by atomic mass is 16.4. The third-order valence-corrected chi connectivity index (χ3v) is 3.28. The Balaban J connectivity index is 2.65. The van der Waals surface area contributed by atoms with Gasteiger partial charge in [-0.15, -0.1) is 0 Å². The van der Waals surface area contributed by atoms with Gasteiger partial charge in [-0.05, 0) is 26.0 Å². The number of hydrogen-bond acceptors (Lipinski definition) is 6. The lowest BCUT2D eigenvalue weighted by molar-refractivity contribution is -0.137. The standard InChI is InChI=1S/C16H20N4O4/c1-9(2)19-15-16(24)20(8-14(22)23)13(7-18-15)10-4-11(17-3)6-12(21)5-10/h4-7,9,17,21H,8H2,1-3H3,(H,18,19)(H,22,23). The number of carboxylic acids is 1. The zero-order valence-corrected chi connectivity index (χ0v) is 13.7. The van der Waals surface area contributed by atoms with Gasteiger partial charge in [0.25, 0.3) is 5.56 Å². The first-order valence-corrected chi connectivity index (χ1v) is 7.42. The fourth-order valence-corrected chi connectivity index (χ4v) is 2.29. The minimum Gasteiger partial charge on any atom is -0.508 e. The van der Waals surface area contributed by atoms with E-state index in [4.69, 9.17) is 5.11 Å². The number of phenolic OH excluding ortho intramolecular Hbond substituents is 1. The lowest BCUT2D eigenvalue weighted by atomic mass is 10.1. The summed E-state index contributed by atoms with van der Waals surface area (Å²) in [5.41, 5.74) is 0.895. The van der Waals surface area contributed by atoms with Crippen molar-refractivity contribution < 1.29 is 15.0 Å². The highest BCUT2D eigenvalue weighted by Gasteiger charge is 2.16. The minimum absolute atomic E-state index is 0.00411. The van der Waals surface area contributed by atoms with Gasteiger partial charge >= 0.3 is 5.97 Å². The van der Waals surface area contributed by atoms with E-state index < -0.39 is 18.1 Å². The number of hydrogen-bond donors (Lipinski definition) is 4. The number of phenols is 1. The summed E-state index contributed by atoms with van der Waals surface area (Å²) in [5, 5.41) is 24.7. The summed E-state index contributed by atoms with van der Waals surface area (Å²) in [4.78, 5) is 27.8. The van der Waals surface area contributed by atoms with Crippen molar-refractivity contribution in [3.05, 3.63) is 34.7 Å². The number of aromatic hydroxyl groups is 1. The molecule has 24 heavy (non-hydrogen) atoms. The summed E-state index contributed by atoms with van der Waals surface area (Å²) in [6.45, 7) is 3.20. The van der Waals surface area contributed by atoms with Crippen LogP contribution >= 0.6 is 0 Å². The number of carbonyl (C=O) groups is 1. The number of carboxylic acid groups (broad SMARTS) is 1. The van der Waals surface area contributed by atoms with E-state index in [1.165, 1.54) is 18.3 Å². The lowest BCUT2D eigenvalue weighted by Gasteiger charge is -2.15. The summed E-state index contributed by atoms with van der Waals surface area (Å²) >= 11 is 0. The fourth-order valence-electron chi connectivity index (χ4n) is 2.29. The summed E-state index contributed by atoms with van der Waals surface area (Å²) in [7, 11) is 1.69. The summed E-state index contributed by atoms with van der Waals surface area (Å²) < 4.78 is 1.12. The molecule has 1 aromatic carbocycles. The SMILES string of the molecule is CNc1cc(O)cc(-c2cnc(NC(C)C)c(=O)n2CC(=O)O)c1. The first kappa shape index (κ1) is 17.3. The van der Waals surface area contributed by atoms with Gasteiger partial charge in [0.1, 0.15) is 12.3 Å². The summed E-state index contributed by atoms with van der Waals surface area (Å²) in [5.74, 6) is -1.06. The van der Waals surface area contributed by atoms with Crippen LogP contribution in [0.3, 0.4) is 0 Å². The predicted molar refractivity (Wildman–Crippen MR) is 91.5 cm³/mol. The number of aromatic nitrogens is 2. The molecule has 0 aliphatic carbocycles. The molecule has 0 aliphatic heterocycles. The molecule has 0 saturated heterocycles. The van der Waals surface area contributed by atoms with E-state index in [0.29, 0.717) is 16.9 Å². The van der Waals surface area contributed by atoms with Gasteiger partial charge in [0.05, 0.1) is 11.9 Å².